The first-order chi connectivity index (χ1) is 12.0. The molecule has 2 aromatic carbocycles. The van der Waals surface area contributed by atoms with Crippen LogP contribution >= 0.6 is 0 Å². The number of fused-ring (bicyclic) bond motifs is 1. The lowest BCUT2D eigenvalue weighted by atomic mass is 10.00. The van der Waals surface area contributed by atoms with Crippen LogP contribution in [0, 0.1) is 6.92 Å². The summed E-state index contributed by atoms with van der Waals surface area (Å²) in [5, 5.41) is 8.96. The Morgan fingerprint density at radius 1 is 1.24 bits per heavy atom. The third kappa shape index (κ3) is 3.44. The van der Waals surface area contributed by atoms with E-state index in [1.807, 2.05) is 13.0 Å². The van der Waals surface area contributed by atoms with E-state index in [0.717, 1.165) is 5.56 Å². The van der Waals surface area contributed by atoms with Crippen LogP contribution in [0.2, 0.25) is 0 Å². The molecule has 1 aliphatic heterocycles. The van der Waals surface area contributed by atoms with Crippen molar-refractivity contribution in [2.45, 2.75) is 20.1 Å². The Morgan fingerprint density at radius 3 is 2.60 bits per heavy atom. The van der Waals surface area contributed by atoms with Gasteiger partial charge in [-0.2, -0.15) is 0 Å². The zero-order valence-corrected chi connectivity index (χ0v) is 13.9. The Balaban J connectivity index is 2.01. The van der Waals surface area contributed by atoms with Crippen molar-refractivity contribution in [3.63, 3.8) is 0 Å². The van der Waals surface area contributed by atoms with Crippen molar-refractivity contribution >= 4 is 23.2 Å². The number of carbonyl (C=O) groups excluding carboxylic acids is 1. The molecule has 0 radical (unpaired) electrons. The van der Waals surface area contributed by atoms with Crippen LogP contribution in [0.3, 0.4) is 0 Å². The van der Waals surface area contributed by atoms with Gasteiger partial charge in [0.15, 0.2) is 5.71 Å². The SMILES string of the molecule is CCOC1Oc2ccc(C)cc2C(=O)C1=Nc1ccc(C(=O)O)cc1. The highest BCUT2D eigenvalue weighted by molar-refractivity contribution is 6.48. The molecule has 0 aliphatic carbocycles. The molecule has 6 heteroatoms. The van der Waals surface area contributed by atoms with Gasteiger partial charge in [0.05, 0.1) is 16.8 Å². The lowest BCUT2D eigenvalue weighted by molar-refractivity contribution is -0.0285. The van der Waals surface area contributed by atoms with Crippen molar-refractivity contribution in [3.8, 4) is 5.75 Å². The fourth-order valence-electron chi connectivity index (χ4n) is 2.53. The van der Waals surface area contributed by atoms with Gasteiger partial charge in [0, 0.05) is 6.61 Å². The largest absolute Gasteiger partial charge is 0.478 e. The molecule has 1 heterocycles. The first-order valence-electron chi connectivity index (χ1n) is 7.85. The van der Waals surface area contributed by atoms with Crippen molar-refractivity contribution in [2.24, 2.45) is 4.99 Å². The molecular weight excluding hydrogens is 322 g/mol. The van der Waals surface area contributed by atoms with Crippen LogP contribution in [0.15, 0.2) is 47.5 Å². The number of hydrogen-bond acceptors (Lipinski definition) is 5. The molecule has 1 atom stereocenters. The van der Waals surface area contributed by atoms with Gasteiger partial charge in [0.2, 0.25) is 12.1 Å². The second kappa shape index (κ2) is 6.86. The van der Waals surface area contributed by atoms with E-state index in [0.29, 0.717) is 23.6 Å². The topological polar surface area (TPSA) is 85.2 Å². The van der Waals surface area contributed by atoms with Gasteiger partial charge in [-0.1, -0.05) is 11.6 Å². The average Bonchev–Trinajstić information content (AvgIpc) is 2.59. The number of nitrogens with zero attached hydrogens (tertiary/aromatic N) is 1. The van der Waals surface area contributed by atoms with E-state index in [1.165, 1.54) is 12.1 Å². The summed E-state index contributed by atoms with van der Waals surface area (Å²) in [6.07, 6.45) is -0.896. The first kappa shape index (κ1) is 16.9. The number of aryl methyl sites for hydroxylation is 1. The molecule has 6 nitrogen and oxygen atoms in total. The summed E-state index contributed by atoms with van der Waals surface area (Å²) < 4.78 is 11.3. The standard InChI is InChI=1S/C19H17NO5/c1-3-24-19-16(20-13-7-5-12(6-8-13)18(22)23)17(21)14-10-11(2)4-9-15(14)25-19/h4-10,19H,3H2,1-2H3,(H,22,23). The Kier molecular flexibility index (Phi) is 4.63. The summed E-state index contributed by atoms with van der Waals surface area (Å²) in [5.74, 6) is -0.812. The van der Waals surface area contributed by atoms with E-state index in [2.05, 4.69) is 4.99 Å². The summed E-state index contributed by atoms with van der Waals surface area (Å²) in [6.45, 7) is 4.05. The predicted molar refractivity (Wildman–Crippen MR) is 92.0 cm³/mol. The number of aromatic carboxylic acids is 1. The number of rotatable bonds is 4. The van der Waals surface area contributed by atoms with Crippen LogP contribution in [0.5, 0.6) is 5.75 Å². The minimum atomic E-state index is -1.02. The molecule has 1 N–H and O–H groups in total. The highest BCUT2D eigenvalue weighted by atomic mass is 16.7. The van der Waals surface area contributed by atoms with Gasteiger partial charge in [-0.15, -0.1) is 0 Å². The van der Waals surface area contributed by atoms with Crippen molar-refractivity contribution < 1.29 is 24.2 Å². The van der Waals surface area contributed by atoms with Gasteiger partial charge < -0.3 is 14.6 Å². The number of Topliss-reactive ketones (excluding diaryl/α,β-unsaturated/α-hetero) is 1. The van der Waals surface area contributed by atoms with Crippen LogP contribution in [-0.2, 0) is 4.74 Å². The van der Waals surface area contributed by atoms with Gasteiger partial charge >= 0.3 is 5.97 Å². The second-order valence-electron chi connectivity index (χ2n) is 5.58. The number of carboxylic acids is 1. The van der Waals surface area contributed by atoms with E-state index in [9.17, 15) is 9.59 Å². The van der Waals surface area contributed by atoms with E-state index in [-0.39, 0.29) is 17.1 Å². The van der Waals surface area contributed by atoms with E-state index < -0.39 is 12.3 Å². The average molecular weight is 339 g/mol. The highest BCUT2D eigenvalue weighted by Gasteiger charge is 2.34. The number of aliphatic imine (C=N–C) groups is 1. The van der Waals surface area contributed by atoms with Gasteiger partial charge in [0.1, 0.15) is 5.75 Å². The van der Waals surface area contributed by atoms with Crippen molar-refractivity contribution in [1.82, 2.24) is 0 Å². The van der Waals surface area contributed by atoms with Gasteiger partial charge in [-0.05, 0) is 50.2 Å². The number of ketones is 1. The van der Waals surface area contributed by atoms with E-state index in [1.54, 1.807) is 31.2 Å². The zero-order valence-electron chi connectivity index (χ0n) is 13.9. The smallest absolute Gasteiger partial charge is 0.335 e. The summed E-state index contributed by atoms with van der Waals surface area (Å²) in [6, 6.07) is 11.3. The fraction of sp³-hybridized carbons (Fsp3) is 0.211. The number of ether oxygens (including phenoxy) is 2. The van der Waals surface area contributed by atoms with E-state index in [4.69, 9.17) is 14.6 Å². The van der Waals surface area contributed by atoms with E-state index >= 15 is 0 Å². The van der Waals surface area contributed by atoms with Crippen LogP contribution < -0.4 is 4.74 Å². The molecule has 0 amide bonds. The second-order valence-corrected chi connectivity index (χ2v) is 5.58. The molecule has 0 aromatic heterocycles. The lowest BCUT2D eigenvalue weighted by Crippen LogP contribution is -2.40. The van der Waals surface area contributed by atoms with Gasteiger partial charge in [-0.3, -0.25) is 4.79 Å². The molecule has 128 valence electrons. The summed E-state index contributed by atoms with van der Waals surface area (Å²) >= 11 is 0. The molecule has 2 aromatic rings. The van der Waals surface area contributed by atoms with Crippen LogP contribution in [0.25, 0.3) is 0 Å². The minimum absolute atomic E-state index is 0.142. The first-order valence-corrected chi connectivity index (χ1v) is 7.85. The Labute approximate surface area is 144 Å². The zero-order chi connectivity index (χ0) is 18.0. The summed E-state index contributed by atoms with van der Waals surface area (Å²) in [7, 11) is 0. The molecule has 0 saturated carbocycles. The third-order valence-corrected chi connectivity index (χ3v) is 3.75. The number of carboxylic acid groups (broad SMARTS) is 1. The maximum atomic E-state index is 12.8. The molecule has 1 aliphatic rings. The predicted octanol–water partition coefficient (Wildman–Crippen LogP) is 3.40. The Hall–Kier alpha value is -2.99. The molecule has 0 fully saturated rings. The quantitative estimate of drug-likeness (QED) is 0.923. The van der Waals surface area contributed by atoms with Gasteiger partial charge in [-0.25, -0.2) is 9.79 Å². The normalized spacial score (nSPS) is 17.9. The van der Waals surface area contributed by atoms with Gasteiger partial charge in [0.25, 0.3) is 0 Å². The monoisotopic (exact) mass is 339 g/mol. The van der Waals surface area contributed by atoms with Crippen LogP contribution in [0.1, 0.15) is 33.2 Å². The lowest BCUT2D eigenvalue weighted by Gasteiger charge is -2.26. The number of benzene rings is 2. The Bertz CT molecular complexity index is 855. The molecule has 0 saturated heterocycles. The number of hydrogen-bond donors (Lipinski definition) is 1. The minimum Gasteiger partial charge on any atom is -0.478 e. The Morgan fingerprint density at radius 2 is 1.96 bits per heavy atom. The highest BCUT2D eigenvalue weighted by Crippen LogP contribution is 2.29. The summed E-state index contributed by atoms with van der Waals surface area (Å²) in [4.78, 5) is 28.1. The van der Waals surface area contributed by atoms with Crippen LogP contribution in [0.4, 0.5) is 5.69 Å². The number of carbonyl (C=O) groups is 2. The molecule has 0 bridgehead atoms. The molecule has 3 rings (SSSR count). The van der Waals surface area contributed by atoms with Crippen LogP contribution in [-0.4, -0.2) is 35.5 Å². The van der Waals surface area contributed by atoms with Crippen molar-refractivity contribution in [3.05, 3.63) is 59.2 Å². The molecule has 25 heavy (non-hydrogen) atoms. The summed E-state index contributed by atoms with van der Waals surface area (Å²) in [5.41, 5.74) is 2.13. The molecular formula is C19H17NO5. The van der Waals surface area contributed by atoms with Crippen molar-refractivity contribution in [2.75, 3.05) is 6.61 Å². The molecule has 0 spiro atoms. The van der Waals surface area contributed by atoms with Crippen molar-refractivity contribution in [1.29, 1.82) is 0 Å². The maximum absolute atomic E-state index is 12.8. The molecule has 1 unspecified atom stereocenters. The maximum Gasteiger partial charge on any atom is 0.335 e. The third-order valence-electron chi connectivity index (χ3n) is 3.75. The fourth-order valence-corrected chi connectivity index (χ4v) is 2.53.